The van der Waals surface area contributed by atoms with E-state index >= 15 is 0 Å². The third-order valence-corrected chi connectivity index (χ3v) is 5.64. The van der Waals surface area contributed by atoms with Crippen LogP contribution in [0.15, 0.2) is 18.2 Å². The molecule has 0 N–H and O–H groups in total. The van der Waals surface area contributed by atoms with Gasteiger partial charge in [0.25, 0.3) is 0 Å². The van der Waals surface area contributed by atoms with E-state index in [2.05, 4.69) is 18.7 Å². The molecule has 2 rings (SSSR count). The van der Waals surface area contributed by atoms with Gasteiger partial charge in [-0.25, -0.2) is 4.39 Å². The maximum Gasteiger partial charge on any atom is 0.494 e. The average molecular weight is 363 g/mol. The van der Waals surface area contributed by atoms with Gasteiger partial charge >= 0.3 is 7.12 Å². The number of benzene rings is 1. The third kappa shape index (κ3) is 5.08. The Morgan fingerprint density at radius 2 is 1.50 bits per heavy atom. The van der Waals surface area contributed by atoms with Crippen molar-refractivity contribution in [1.82, 2.24) is 4.90 Å². The van der Waals surface area contributed by atoms with Gasteiger partial charge in [-0.05, 0) is 65.2 Å². The number of unbranched alkanes of at least 4 members (excludes halogenated alkanes) is 2. The molecular formula is C21H35BFNO2. The largest absolute Gasteiger partial charge is 0.494 e. The van der Waals surface area contributed by atoms with Crippen molar-refractivity contribution in [1.29, 1.82) is 0 Å². The quantitative estimate of drug-likeness (QED) is 0.602. The van der Waals surface area contributed by atoms with Crippen molar-refractivity contribution in [3.05, 3.63) is 29.6 Å². The molecule has 1 saturated heterocycles. The standard InChI is InChI=1S/C21H35BFNO2/c1-7-9-13-24(14-10-8-2)16-17-15-18(11-12-19(17)23)22-25-20(3,4)21(5,6)26-22/h11-12,15H,7-10,13-14,16H2,1-6H3. The molecule has 1 aliphatic heterocycles. The molecule has 1 aromatic carbocycles. The number of rotatable bonds is 9. The predicted octanol–water partition coefficient (Wildman–Crippen LogP) is 4.53. The minimum Gasteiger partial charge on any atom is -0.399 e. The first-order chi connectivity index (χ1) is 12.2. The second kappa shape index (κ2) is 8.86. The van der Waals surface area contributed by atoms with E-state index in [0.29, 0.717) is 6.54 Å². The van der Waals surface area contributed by atoms with Crippen molar-refractivity contribution in [2.24, 2.45) is 0 Å². The molecule has 0 spiro atoms. The molecule has 146 valence electrons. The van der Waals surface area contributed by atoms with E-state index in [1.54, 1.807) is 12.1 Å². The highest BCUT2D eigenvalue weighted by Crippen LogP contribution is 2.36. The molecule has 1 heterocycles. The maximum atomic E-state index is 14.5. The number of nitrogens with zero attached hydrogens (tertiary/aromatic N) is 1. The normalized spacial score (nSPS) is 18.7. The van der Waals surface area contributed by atoms with E-state index in [4.69, 9.17) is 9.31 Å². The van der Waals surface area contributed by atoms with Crippen molar-refractivity contribution in [2.75, 3.05) is 13.1 Å². The summed E-state index contributed by atoms with van der Waals surface area (Å²) >= 11 is 0. The van der Waals surface area contributed by atoms with E-state index in [0.717, 1.165) is 49.8 Å². The van der Waals surface area contributed by atoms with E-state index in [1.807, 2.05) is 33.8 Å². The fraction of sp³-hybridized carbons (Fsp3) is 0.714. The van der Waals surface area contributed by atoms with Gasteiger partial charge in [0.1, 0.15) is 5.82 Å². The first kappa shape index (κ1) is 21.4. The Morgan fingerprint density at radius 1 is 0.962 bits per heavy atom. The van der Waals surface area contributed by atoms with Gasteiger partial charge < -0.3 is 9.31 Å². The molecule has 1 fully saturated rings. The van der Waals surface area contributed by atoms with Crippen molar-refractivity contribution in [3.8, 4) is 0 Å². The van der Waals surface area contributed by atoms with Crippen LogP contribution in [0.2, 0.25) is 0 Å². The molecule has 3 nitrogen and oxygen atoms in total. The van der Waals surface area contributed by atoms with Crippen molar-refractivity contribution < 1.29 is 13.7 Å². The molecule has 0 amide bonds. The van der Waals surface area contributed by atoms with Crippen LogP contribution in [0.3, 0.4) is 0 Å². The van der Waals surface area contributed by atoms with E-state index in [1.165, 1.54) is 0 Å². The third-order valence-electron chi connectivity index (χ3n) is 5.64. The van der Waals surface area contributed by atoms with Crippen molar-refractivity contribution >= 4 is 12.6 Å². The Morgan fingerprint density at radius 3 is 2.00 bits per heavy atom. The Balaban J connectivity index is 2.16. The fourth-order valence-electron chi connectivity index (χ4n) is 3.12. The number of hydrogen-bond acceptors (Lipinski definition) is 3. The summed E-state index contributed by atoms with van der Waals surface area (Å²) in [4.78, 5) is 2.36. The lowest BCUT2D eigenvalue weighted by Gasteiger charge is -2.32. The lowest BCUT2D eigenvalue weighted by atomic mass is 9.78. The predicted molar refractivity (Wildman–Crippen MR) is 107 cm³/mol. The summed E-state index contributed by atoms with van der Waals surface area (Å²) in [6.07, 6.45) is 4.59. The van der Waals surface area contributed by atoms with E-state index in [-0.39, 0.29) is 17.0 Å². The summed E-state index contributed by atoms with van der Waals surface area (Å²) in [7, 11) is -0.445. The molecule has 26 heavy (non-hydrogen) atoms. The zero-order valence-electron chi connectivity index (χ0n) is 17.4. The maximum absolute atomic E-state index is 14.5. The van der Waals surface area contributed by atoms with Crippen molar-refractivity contribution in [3.63, 3.8) is 0 Å². The molecule has 0 saturated carbocycles. The Kier molecular flexibility index (Phi) is 7.29. The summed E-state index contributed by atoms with van der Waals surface area (Å²) < 4.78 is 26.7. The van der Waals surface area contributed by atoms with Gasteiger partial charge in [-0.1, -0.05) is 38.8 Å². The lowest BCUT2D eigenvalue weighted by molar-refractivity contribution is 0.00578. The highest BCUT2D eigenvalue weighted by molar-refractivity contribution is 6.62. The van der Waals surface area contributed by atoms with Crippen LogP contribution in [-0.2, 0) is 15.9 Å². The van der Waals surface area contributed by atoms with Crippen LogP contribution in [0, 0.1) is 5.82 Å². The zero-order valence-corrected chi connectivity index (χ0v) is 17.4. The minimum atomic E-state index is -0.445. The molecule has 0 bridgehead atoms. The number of halogens is 1. The summed E-state index contributed by atoms with van der Waals surface area (Å²) in [5, 5.41) is 0. The van der Waals surface area contributed by atoms with Crippen LogP contribution >= 0.6 is 0 Å². The molecule has 0 atom stereocenters. The van der Waals surface area contributed by atoms with Crippen LogP contribution in [0.25, 0.3) is 0 Å². The van der Waals surface area contributed by atoms with Crippen LogP contribution in [0.1, 0.15) is 72.8 Å². The fourth-order valence-corrected chi connectivity index (χ4v) is 3.12. The summed E-state index contributed by atoms with van der Waals surface area (Å²) in [6.45, 7) is 15.2. The van der Waals surface area contributed by atoms with Gasteiger partial charge in [-0.2, -0.15) is 0 Å². The second-order valence-corrected chi connectivity index (χ2v) is 8.42. The molecule has 0 aliphatic carbocycles. The van der Waals surface area contributed by atoms with Crippen LogP contribution in [0.4, 0.5) is 4.39 Å². The summed E-state index contributed by atoms with van der Waals surface area (Å²) in [5.74, 6) is -0.150. The highest BCUT2D eigenvalue weighted by Gasteiger charge is 2.51. The van der Waals surface area contributed by atoms with Gasteiger partial charge in [0.15, 0.2) is 0 Å². The summed E-state index contributed by atoms with van der Waals surface area (Å²) in [5.41, 5.74) is 0.844. The Bertz CT molecular complexity index is 567. The highest BCUT2D eigenvalue weighted by atomic mass is 19.1. The second-order valence-electron chi connectivity index (χ2n) is 8.42. The molecule has 0 aromatic heterocycles. The molecule has 0 radical (unpaired) electrons. The summed E-state index contributed by atoms with van der Waals surface area (Å²) in [6, 6.07) is 5.25. The van der Waals surface area contributed by atoms with Gasteiger partial charge in [0, 0.05) is 12.1 Å². The van der Waals surface area contributed by atoms with Crippen LogP contribution in [-0.4, -0.2) is 36.3 Å². The van der Waals surface area contributed by atoms with Gasteiger partial charge in [-0.15, -0.1) is 0 Å². The van der Waals surface area contributed by atoms with Crippen LogP contribution < -0.4 is 5.46 Å². The Hall–Kier alpha value is -0.905. The lowest BCUT2D eigenvalue weighted by Crippen LogP contribution is -2.41. The first-order valence-corrected chi connectivity index (χ1v) is 10.1. The molecule has 0 unspecified atom stereocenters. The minimum absolute atomic E-state index is 0.150. The molecular weight excluding hydrogens is 328 g/mol. The van der Waals surface area contributed by atoms with E-state index < -0.39 is 7.12 Å². The first-order valence-electron chi connectivity index (χ1n) is 10.1. The van der Waals surface area contributed by atoms with Gasteiger partial charge in [0.2, 0.25) is 0 Å². The smallest absolute Gasteiger partial charge is 0.399 e. The van der Waals surface area contributed by atoms with Crippen molar-refractivity contribution in [2.45, 2.75) is 85.0 Å². The Labute approximate surface area is 159 Å². The van der Waals surface area contributed by atoms with E-state index in [9.17, 15) is 4.39 Å². The monoisotopic (exact) mass is 363 g/mol. The molecule has 1 aromatic rings. The molecule has 1 aliphatic rings. The average Bonchev–Trinajstić information content (AvgIpc) is 2.79. The van der Waals surface area contributed by atoms with Gasteiger partial charge in [-0.3, -0.25) is 4.90 Å². The van der Waals surface area contributed by atoms with Crippen LogP contribution in [0.5, 0.6) is 0 Å². The zero-order chi connectivity index (χ0) is 19.4. The SMILES string of the molecule is CCCCN(CCCC)Cc1cc(B2OC(C)(C)C(C)(C)O2)ccc1F. The topological polar surface area (TPSA) is 21.7 Å². The number of hydrogen-bond donors (Lipinski definition) is 0. The molecule has 5 heteroatoms. The van der Waals surface area contributed by atoms with Gasteiger partial charge in [0.05, 0.1) is 11.2 Å².